The van der Waals surface area contributed by atoms with Crippen LogP contribution in [0.2, 0.25) is 0 Å². The van der Waals surface area contributed by atoms with Crippen LogP contribution in [-0.2, 0) is 11.3 Å². The number of thiocarbonyl (C=S) groups is 1. The molecule has 0 bridgehead atoms. The SMILES string of the molecule is Cc1ccc2c(c1)c(C=C1SC(=S)N(c3ccccc3F)C1=O)c(C)n2CCOc1ccccc1. The Morgan fingerprint density at radius 2 is 1.77 bits per heavy atom. The average Bonchev–Trinajstić information content (AvgIpc) is 3.27. The molecule has 0 aliphatic carbocycles. The second kappa shape index (κ2) is 9.68. The van der Waals surface area contributed by atoms with Crippen LogP contribution in [0.1, 0.15) is 16.8 Å². The molecule has 3 aromatic carbocycles. The molecule has 7 heteroatoms. The van der Waals surface area contributed by atoms with Crippen LogP contribution in [0, 0.1) is 19.7 Å². The predicted molar refractivity (Wildman–Crippen MR) is 145 cm³/mol. The quantitative estimate of drug-likeness (QED) is 0.213. The fourth-order valence-electron chi connectivity index (χ4n) is 4.30. The van der Waals surface area contributed by atoms with Crippen molar-refractivity contribution in [3.63, 3.8) is 0 Å². The van der Waals surface area contributed by atoms with Crippen molar-refractivity contribution in [2.75, 3.05) is 11.5 Å². The molecule has 1 aliphatic heterocycles. The third-order valence-corrected chi connectivity index (χ3v) is 7.32. The highest BCUT2D eigenvalue weighted by atomic mass is 32.2. The first-order valence-corrected chi connectivity index (χ1v) is 12.5. The van der Waals surface area contributed by atoms with Gasteiger partial charge in [-0.05, 0) is 56.3 Å². The van der Waals surface area contributed by atoms with E-state index in [-0.39, 0.29) is 11.6 Å². The zero-order valence-electron chi connectivity index (χ0n) is 19.3. The van der Waals surface area contributed by atoms with Crippen molar-refractivity contribution in [2.45, 2.75) is 20.4 Å². The van der Waals surface area contributed by atoms with E-state index in [2.05, 4.69) is 22.8 Å². The standard InChI is InChI=1S/C28H23FN2O2S2/c1-18-12-13-24-22(16-18)21(19(2)30(24)14-15-33-20-8-4-3-5-9-20)17-26-27(32)31(28(34)35-26)25-11-7-6-10-23(25)29/h3-13,16-17H,14-15H2,1-2H3. The maximum Gasteiger partial charge on any atom is 0.270 e. The van der Waals surface area contributed by atoms with Crippen LogP contribution in [0.25, 0.3) is 17.0 Å². The van der Waals surface area contributed by atoms with E-state index < -0.39 is 5.82 Å². The summed E-state index contributed by atoms with van der Waals surface area (Å²) in [7, 11) is 0. The van der Waals surface area contributed by atoms with E-state index in [4.69, 9.17) is 17.0 Å². The highest BCUT2D eigenvalue weighted by Crippen LogP contribution is 2.39. The van der Waals surface area contributed by atoms with Crippen molar-refractivity contribution < 1.29 is 13.9 Å². The van der Waals surface area contributed by atoms with Gasteiger partial charge in [-0.25, -0.2) is 4.39 Å². The van der Waals surface area contributed by atoms with Crippen LogP contribution in [0.15, 0.2) is 77.7 Å². The first-order chi connectivity index (χ1) is 16.9. The number of fused-ring (bicyclic) bond motifs is 1. The molecule has 4 nitrogen and oxygen atoms in total. The largest absolute Gasteiger partial charge is 0.492 e. The number of carbonyl (C=O) groups excluding carboxylic acids is 1. The number of halogens is 1. The maximum absolute atomic E-state index is 14.4. The molecule has 4 aromatic rings. The van der Waals surface area contributed by atoms with Gasteiger partial charge in [0, 0.05) is 22.2 Å². The van der Waals surface area contributed by atoms with Crippen LogP contribution in [0.5, 0.6) is 5.75 Å². The number of anilines is 1. The number of hydrogen-bond acceptors (Lipinski definition) is 4. The monoisotopic (exact) mass is 502 g/mol. The van der Waals surface area contributed by atoms with Gasteiger partial charge in [0.15, 0.2) is 4.32 Å². The van der Waals surface area contributed by atoms with Crippen molar-refractivity contribution in [3.05, 3.63) is 100 Å². The molecular formula is C28H23FN2O2S2. The van der Waals surface area contributed by atoms with Gasteiger partial charge in [-0.15, -0.1) is 0 Å². The first-order valence-electron chi connectivity index (χ1n) is 11.2. The number of amides is 1. The number of aryl methyl sites for hydroxylation is 1. The summed E-state index contributed by atoms with van der Waals surface area (Å²) in [5, 5.41) is 1.05. The molecule has 1 amide bonds. The minimum atomic E-state index is -0.480. The Labute approximate surface area is 213 Å². The molecule has 0 radical (unpaired) electrons. The third-order valence-electron chi connectivity index (χ3n) is 6.02. The van der Waals surface area contributed by atoms with Crippen LogP contribution >= 0.6 is 24.0 Å². The summed E-state index contributed by atoms with van der Waals surface area (Å²) in [6, 6.07) is 22.2. The fourth-order valence-corrected chi connectivity index (χ4v) is 5.57. The molecule has 5 rings (SSSR count). The minimum Gasteiger partial charge on any atom is -0.492 e. The van der Waals surface area contributed by atoms with E-state index in [1.165, 1.54) is 22.7 Å². The van der Waals surface area contributed by atoms with Gasteiger partial charge in [0.25, 0.3) is 5.91 Å². The summed E-state index contributed by atoms with van der Waals surface area (Å²) in [5.41, 5.74) is 4.35. The number of rotatable bonds is 6. The molecule has 0 saturated carbocycles. The lowest BCUT2D eigenvalue weighted by Crippen LogP contribution is -2.28. The molecule has 1 aromatic heterocycles. The van der Waals surface area contributed by atoms with Crippen LogP contribution in [-0.4, -0.2) is 21.4 Å². The molecule has 2 heterocycles. The highest BCUT2D eigenvalue weighted by Gasteiger charge is 2.35. The number of benzene rings is 3. The average molecular weight is 503 g/mol. The van der Waals surface area contributed by atoms with Gasteiger partial charge in [-0.1, -0.05) is 65.9 Å². The number of para-hydroxylation sites is 2. The number of nitrogens with zero attached hydrogens (tertiary/aromatic N) is 2. The van der Waals surface area contributed by atoms with Crippen molar-refractivity contribution in [1.82, 2.24) is 4.57 Å². The van der Waals surface area contributed by atoms with Crippen molar-refractivity contribution >= 4 is 56.9 Å². The molecule has 176 valence electrons. The molecule has 0 unspecified atom stereocenters. The smallest absolute Gasteiger partial charge is 0.270 e. The Morgan fingerprint density at radius 3 is 2.54 bits per heavy atom. The second-order valence-corrected chi connectivity index (χ2v) is 9.98. The van der Waals surface area contributed by atoms with E-state index in [0.29, 0.717) is 22.4 Å². The van der Waals surface area contributed by atoms with Gasteiger partial charge in [-0.2, -0.15) is 0 Å². The Morgan fingerprint density at radius 1 is 1.03 bits per heavy atom. The van der Waals surface area contributed by atoms with Gasteiger partial charge in [0.1, 0.15) is 18.2 Å². The summed E-state index contributed by atoms with van der Waals surface area (Å²) in [4.78, 5) is 15.0. The lowest BCUT2D eigenvalue weighted by molar-refractivity contribution is -0.113. The van der Waals surface area contributed by atoms with Crippen molar-refractivity contribution in [3.8, 4) is 5.75 Å². The Hall–Kier alpha value is -3.42. The fraction of sp³-hybridized carbons (Fsp3) is 0.143. The van der Waals surface area contributed by atoms with Crippen LogP contribution in [0.4, 0.5) is 10.1 Å². The van der Waals surface area contributed by atoms with Gasteiger partial charge in [0.2, 0.25) is 0 Å². The van der Waals surface area contributed by atoms with Gasteiger partial charge in [0.05, 0.1) is 17.1 Å². The van der Waals surface area contributed by atoms with E-state index >= 15 is 0 Å². The van der Waals surface area contributed by atoms with Crippen LogP contribution < -0.4 is 9.64 Å². The number of hydrogen-bond donors (Lipinski definition) is 0. The van der Waals surface area contributed by atoms with Gasteiger partial charge < -0.3 is 9.30 Å². The Bertz CT molecular complexity index is 1480. The van der Waals surface area contributed by atoms with Gasteiger partial charge in [-0.3, -0.25) is 9.69 Å². The van der Waals surface area contributed by atoms with Gasteiger partial charge >= 0.3 is 0 Å². The minimum absolute atomic E-state index is 0.173. The number of aromatic nitrogens is 1. The van der Waals surface area contributed by atoms with Crippen LogP contribution in [0.3, 0.4) is 0 Å². The first kappa shape index (κ1) is 23.3. The number of ether oxygens (including phenoxy) is 1. The molecule has 0 N–H and O–H groups in total. The lowest BCUT2D eigenvalue weighted by Gasteiger charge is -2.14. The Balaban J connectivity index is 1.50. The summed E-state index contributed by atoms with van der Waals surface area (Å²) in [6.07, 6.45) is 1.88. The number of carbonyl (C=O) groups is 1. The van der Waals surface area contributed by atoms with Crippen molar-refractivity contribution in [2.24, 2.45) is 0 Å². The van der Waals surface area contributed by atoms with E-state index in [1.807, 2.05) is 50.3 Å². The zero-order valence-corrected chi connectivity index (χ0v) is 21.0. The lowest BCUT2D eigenvalue weighted by atomic mass is 10.1. The van der Waals surface area contributed by atoms with E-state index in [0.717, 1.165) is 33.5 Å². The summed E-state index contributed by atoms with van der Waals surface area (Å²) in [6.45, 7) is 5.26. The highest BCUT2D eigenvalue weighted by molar-refractivity contribution is 8.27. The molecule has 35 heavy (non-hydrogen) atoms. The molecule has 0 atom stereocenters. The topological polar surface area (TPSA) is 34.5 Å². The summed E-state index contributed by atoms with van der Waals surface area (Å²) >= 11 is 6.64. The molecule has 1 fully saturated rings. The van der Waals surface area contributed by atoms with Crippen molar-refractivity contribution in [1.29, 1.82) is 0 Å². The zero-order chi connectivity index (χ0) is 24.5. The molecule has 1 saturated heterocycles. The molecule has 0 spiro atoms. The second-order valence-electron chi connectivity index (χ2n) is 8.30. The predicted octanol–water partition coefficient (Wildman–Crippen LogP) is 6.88. The number of thioether (sulfide) groups is 1. The Kier molecular flexibility index (Phi) is 6.45. The summed E-state index contributed by atoms with van der Waals surface area (Å²) in [5.74, 6) is 0.0341. The maximum atomic E-state index is 14.4. The van der Waals surface area contributed by atoms with E-state index in [9.17, 15) is 9.18 Å². The molecule has 1 aliphatic rings. The normalized spacial score (nSPS) is 14.9. The molecular weight excluding hydrogens is 479 g/mol. The van der Waals surface area contributed by atoms with E-state index in [1.54, 1.807) is 18.2 Å². The summed E-state index contributed by atoms with van der Waals surface area (Å²) < 4.78 is 22.9. The third kappa shape index (κ3) is 4.49.